The molecule has 1 unspecified atom stereocenters. The van der Waals surface area contributed by atoms with Gasteiger partial charge in [-0.2, -0.15) is 8.78 Å². The van der Waals surface area contributed by atoms with Gasteiger partial charge in [0.2, 0.25) is 5.75 Å². The van der Waals surface area contributed by atoms with E-state index in [1.165, 1.54) is 18.2 Å². The van der Waals surface area contributed by atoms with Gasteiger partial charge in [0.25, 0.3) is 0 Å². The molecule has 0 bridgehead atoms. The average Bonchev–Trinajstić information content (AvgIpc) is 2.54. The number of nitrogens with zero attached hydrogens (tertiary/aromatic N) is 1. The summed E-state index contributed by atoms with van der Waals surface area (Å²) >= 11 is 5.56. The number of hydrogen-bond acceptors (Lipinski definition) is 5. The SMILES string of the molecule is O=[N+]([O-])c1ccc(NCC(O)c2ccc(Cl)c(F)c2)cc1OC(F)F. The Morgan fingerprint density at radius 3 is 2.60 bits per heavy atom. The van der Waals surface area contributed by atoms with Crippen molar-refractivity contribution in [3.63, 3.8) is 0 Å². The van der Waals surface area contributed by atoms with Crippen molar-refractivity contribution in [2.45, 2.75) is 12.7 Å². The fourth-order valence-electron chi connectivity index (χ4n) is 2.02. The first kappa shape index (κ1) is 18.8. The van der Waals surface area contributed by atoms with Crippen LogP contribution in [0.15, 0.2) is 36.4 Å². The van der Waals surface area contributed by atoms with E-state index in [2.05, 4.69) is 10.1 Å². The van der Waals surface area contributed by atoms with Crippen LogP contribution in [0, 0.1) is 15.9 Å². The number of alkyl halides is 2. The van der Waals surface area contributed by atoms with Crippen LogP contribution < -0.4 is 10.1 Å². The highest BCUT2D eigenvalue weighted by Crippen LogP contribution is 2.31. The van der Waals surface area contributed by atoms with Crippen LogP contribution in [0.2, 0.25) is 5.02 Å². The number of hydrogen-bond donors (Lipinski definition) is 2. The van der Waals surface area contributed by atoms with Crippen molar-refractivity contribution >= 4 is 23.0 Å². The topological polar surface area (TPSA) is 84.6 Å². The molecule has 0 aliphatic carbocycles. The highest BCUT2D eigenvalue weighted by Gasteiger charge is 2.19. The van der Waals surface area contributed by atoms with Crippen LogP contribution in [-0.4, -0.2) is 23.2 Å². The zero-order valence-electron chi connectivity index (χ0n) is 12.5. The Hall–Kier alpha value is -2.52. The minimum absolute atomic E-state index is 0.0898. The molecule has 0 radical (unpaired) electrons. The molecule has 0 aromatic heterocycles. The van der Waals surface area contributed by atoms with Gasteiger partial charge < -0.3 is 15.2 Å². The molecule has 0 spiro atoms. The van der Waals surface area contributed by atoms with Gasteiger partial charge in [0.1, 0.15) is 5.82 Å². The van der Waals surface area contributed by atoms with E-state index < -0.39 is 34.9 Å². The second-order valence-corrected chi connectivity index (χ2v) is 5.30. The second-order valence-electron chi connectivity index (χ2n) is 4.89. The van der Waals surface area contributed by atoms with Crippen molar-refractivity contribution in [3.8, 4) is 5.75 Å². The molecule has 2 N–H and O–H groups in total. The quantitative estimate of drug-likeness (QED) is 0.560. The van der Waals surface area contributed by atoms with Gasteiger partial charge in [-0.1, -0.05) is 17.7 Å². The van der Waals surface area contributed by atoms with Crippen molar-refractivity contribution < 1.29 is 27.9 Å². The number of anilines is 1. The zero-order valence-corrected chi connectivity index (χ0v) is 13.2. The summed E-state index contributed by atoms with van der Waals surface area (Å²) in [6, 6.07) is 7.06. The van der Waals surface area contributed by atoms with Gasteiger partial charge in [-0.25, -0.2) is 4.39 Å². The molecule has 0 amide bonds. The molecule has 1 atom stereocenters. The van der Waals surface area contributed by atoms with E-state index in [0.717, 1.165) is 18.2 Å². The summed E-state index contributed by atoms with van der Waals surface area (Å²) < 4.78 is 42.2. The van der Waals surface area contributed by atoms with Gasteiger partial charge in [0.15, 0.2) is 0 Å². The van der Waals surface area contributed by atoms with Crippen molar-refractivity contribution in [1.29, 1.82) is 0 Å². The highest BCUT2D eigenvalue weighted by molar-refractivity contribution is 6.30. The van der Waals surface area contributed by atoms with Gasteiger partial charge in [0, 0.05) is 24.4 Å². The van der Waals surface area contributed by atoms with Gasteiger partial charge in [-0.3, -0.25) is 10.1 Å². The lowest BCUT2D eigenvalue weighted by Gasteiger charge is -2.14. The molecular formula is C15H12ClF3N2O4. The van der Waals surface area contributed by atoms with Gasteiger partial charge >= 0.3 is 12.3 Å². The molecule has 0 fully saturated rings. The molecule has 25 heavy (non-hydrogen) atoms. The van der Waals surface area contributed by atoms with E-state index in [-0.39, 0.29) is 22.8 Å². The van der Waals surface area contributed by atoms with Gasteiger partial charge in [-0.05, 0) is 23.8 Å². The number of nitro groups is 1. The third kappa shape index (κ3) is 4.97. The molecule has 2 aromatic carbocycles. The van der Waals surface area contributed by atoms with E-state index in [1.807, 2.05) is 0 Å². The van der Waals surface area contributed by atoms with Crippen LogP contribution in [0.3, 0.4) is 0 Å². The number of aliphatic hydroxyl groups excluding tert-OH is 1. The summed E-state index contributed by atoms with van der Waals surface area (Å²) in [7, 11) is 0. The maximum Gasteiger partial charge on any atom is 0.387 e. The minimum Gasteiger partial charge on any atom is -0.427 e. The largest absolute Gasteiger partial charge is 0.427 e. The zero-order chi connectivity index (χ0) is 18.6. The summed E-state index contributed by atoms with van der Waals surface area (Å²) in [6.07, 6.45) is -1.12. The van der Waals surface area contributed by atoms with E-state index in [9.17, 15) is 28.4 Å². The van der Waals surface area contributed by atoms with Crippen molar-refractivity contribution in [2.24, 2.45) is 0 Å². The average molecular weight is 377 g/mol. The number of halogens is 4. The molecule has 0 heterocycles. The monoisotopic (exact) mass is 376 g/mol. The molecule has 0 saturated carbocycles. The number of aliphatic hydroxyl groups is 1. The van der Waals surface area contributed by atoms with E-state index >= 15 is 0 Å². The van der Waals surface area contributed by atoms with Crippen LogP contribution in [0.1, 0.15) is 11.7 Å². The number of nitro benzene ring substituents is 1. The summed E-state index contributed by atoms with van der Waals surface area (Å²) in [5, 5.41) is 23.4. The number of nitrogens with one attached hydrogen (secondary N) is 1. The van der Waals surface area contributed by atoms with Crippen LogP contribution in [-0.2, 0) is 0 Å². The summed E-state index contributed by atoms with van der Waals surface area (Å²) in [4.78, 5) is 9.94. The first-order valence-corrected chi connectivity index (χ1v) is 7.26. The Kier molecular flexibility index (Phi) is 6.05. The Labute approximate surface area is 144 Å². The molecule has 0 aliphatic rings. The van der Waals surface area contributed by atoms with Crippen molar-refractivity contribution in [2.75, 3.05) is 11.9 Å². The predicted molar refractivity (Wildman–Crippen MR) is 84.6 cm³/mol. The number of benzene rings is 2. The lowest BCUT2D eigenvalue weighted by Crippen LogP contribution is -2.13. The maximum atomic E-state index is 13.4. The van der Waals surface area contributed by atoms with Crippen LogP contribution in [0.5, 0.6) is 5.75 Å². The first-order chi connectivity index (χ1) is 11.8. The third-order valence-corrected chi connectivity index (χ3v) is 3.51. The van der Waals surface area contributed by atoms with E-state index in [0.29, 0.717) is 0 Å². The highest BCUT2D eigenvalue weighted by atomic mass is 35.5. The number of rotatable bonds is 7. The van der Waals surface area contributed by atoms with Gasteiger partial charge in [-0.15, -0.1) is 0 Å². The minimum atomic E-state index is -3.23. The van der Waals surface area contributed by atoms with E-state index in [4.69, 9.17) is 11.6 Å². The molecule has 0 aliphatic heterocycles. The summed E-state index contributed by atoms with van der Waals surface area (Å²) in [5.74, 6) is -1.31. The predicted octanol–water partition coefficient (Wildman–Crippen LogP) is 4.13. The maximum absolute atomic E-state index is 13.4. The molecular weight excluding hydrogens is 365 g/mol. The smallest absolute Gasteiger partial charge is 0.387 e. The molecule has 2 aromatic rings. The molecule has 6 nitrogen and oxygen atoms in total. The van der Waals surface area contributed by atoms with Gasteiger partial charge in [0.05, 0.1) is 16.0 Å². The Morgan fingerprint density at radius 1 is 1.28 bits per heavy atom. The Bertz CT molecular complexity index is 776. The van der Waals surface area contributed by atoms with Crippen LogP contribution >= 0.6 is 11.6 Å². The Balaban J connectivity index is 2.11. The van der Waals surface area contributed by atoms with Crippen molar-refractivity contribution in [3.05, 3.63) is 62.9 Å². The van der Waals surface area contributed by atoms with Crippen LogP contribution in [0.4, 0.5) is 24.5 Å². The molecule has 2 rings (SSSR count). The van der Waals surface area contributed by atoms with Crippen molar-refractivity contribution in [1.82, 2.24) is 0 Å². The fraction of sp³-hybridized carbons (Fsp3) is 0.200. The second kappa shape index (κ2) is 8.04. The molecule has 10 heteroatoms. The first-order valence-electron chi connectivity index (χ1n) is 6.88. The lowest BCUT2D eigenvalue weighted by molar-refractivity contribution is -0.386. The lowest BCUT2D eigenvalue weighted by atomic mass is 10.1. The normalized spacial score (nSPS) is 12.1. The standard InChI is InChI=1S/C15H12ClF3N2O4/c16-10-3-1-8(5-11(10)17)13(22)7-20-9-2-4-12(21(23)24)14(6-9)25-15(18)19/h1-6,13,15,20,22H,7H2. The van der Waals surface area contributed by atoms with Crippen LogP contribution in [0.25, 0.3) is 0 Å². The third-order valence-electron chi connectivity index (χ3n) is 3.20. The number of ether oxygens (including phenoxy) is 1. The molecule has 0 saturated heterocycles. The van der Waals surface area contributed by atoms with E-state index in [1.54, 1.807) is 0 Å². The molecule has 134 valence electrons. The Morgan fingerprint density at radius 2 is 2.00 bits per heavy atom. The summed E-state index contributed by atoms with van der Waals surface area (Å²) in [5.41, 5.74) is -0.165. The fourth-order valence-corrected chi connectivity index (χ4v) is 2.13. The summed E-state index contributed by atoms with van der Waals surface area (Å²) in [6.45, 7) is -3.33.